The van der Waals surface area contributed by atoms with Crippen molar-refractivity contribution in [2.75, 3.05) is 5.75 Å². The molecule has 0 aliphatic heterocycles. The minimum atomic E-state index is -0.348. The van der Waals surface area contributed by atoms with E-state index in [-0.39, 0.29) is 23.1 Å². The van der Waals surface area contributed by atoms with Gasteiger partial charge in [-0.25, -0.2) is 20.0 Å². The lowest BCUT2D eigenvalue weighted by atomic mass is 10.1. The first-order chi connectivity index (χ1) is 16.3. The van der Waals surface area contributed by atoms with Crippen molar-refractivity contribution in [3.8, 4) is 11.6 Å². The Morgan fingerprint density at radius 3 is 2.38 bits per heavy atom. The fourth-order valence-corrected chi connectivity index (χ4v) is 4.25. The molecule has 0 fully saturated rings. The van der Waals surface area contributed by atoms with Gasteiger partial charge in [-0.05, 0) is 45.0 Å². The maximum absolute atomic E-state index is 13.1. The second-order valence-electron chi connectivity index (χ2n) is 7.77. The van der Waals surface area contributed by atoms with Gasteiger partial charge >= 0.3 is 0 Å². The number of hydrogen-bond donors (Lipinski definition) is 2. The third kappa shape index (κ3) is 4.99. The molecule has 0 aliphatic rings. The van der Waals surface area contributed by atoms with Gasteiger partial charge in [-0.1, -0.05) is 47.7 Å². The molecule has 0 radical (unpaired) electrons. The SMILES string of the molecule is Cc1ccc(-n2c(O)c(C=NNC(=O)CSc3nc(C)cc(C)n3)c3ccccc3c2=O)cc1. The molecule has 172 valence electrons. The van der Waals surface area contributed by atoms with E-state index in [9.17, 15) is 14.7 Å². The van der Waals surface area contributed by atoms with Crippen molar-refractivity contribution in [3.05, 3.63) is 87.5 Å². The maximum Gasteiger partial charge on any atom is 0.265 e. The Morgan fingerprint density at radius 2 is 1.71 bits per heavy atom. The Kier molecular flexibility index (Phi) is 6.74. The molecule has 8 nitrogen and oxygen atoms in total. The Bertz CT molecular complexity index is 1440. The first kappa shape index (κ1) is 23.2. The van der Waals surface area contributed by atoms with Crippen molar-refractivity contribution in [1.29, 1.82) is 0 Å². The summed E-state index contributed by atoms with van der Waals surface area (Å²) in [6, 6.07) is 16.1. The normalized spacial score (nSPS) is 11.3. The lowest BCUT2D eigenvalue weighted by Gasteiger charge is -2.13. The number of rotatable bonds is 6. The van der Waals surface area contributed by atoms with E-state index in [1.807, 2.05) is 39.0 Å². The van der Waals surface area contributed by atoms with Crippen molar-refractivity contribution in [1.82, 2.24) is 20.0 Å². The third-order valence-corrected chi connectivity index (χ3v) is 5.92. The molecule has 4 aromatic rings. The molecule has 9 heteroatoms. The van der Waals surface area contributed by atoms with Gasteiger partial charge in [0.2, 0.25) is 5.88 Å². The first-order valence-electron chi connectivity index (χ1n) is 10.5. The molecule has 0 unspecified atom stereocenters. The molecule has 0 bridgehead atoms. The minimum absolute atomic E-state index is 0.0792. The summed E-state index contributed by atoms with van der Waals surface area (Å²) in [6.07, 6.45) is 1.34. The van der Waals surface area contributed by atoms with Crippen LogP contribution in [0.2, 0.25) is 0 Å². The van der Waals surface area contributed by atoms with Crippen LogP contribution in [0.1, 0.15) is 22.5 Å². The highest BCUT2D eigenvalue weighted by Gasteiger charge is 2.16. The Balaban J connectivity index is 1.60. The van der Waals surface area contributed by atoms with Gasteiger partial charge in [0.05, 0.1) is 23.2 Å². The van der Waals surface area contributed by atoms with E-state index in [2.05, 4.69) is 20.5 Å². The average molecular weight is 474 g/mol. The number of hydrazone groups is 1. The van der Waals surface area contributed by atoms with Gasteiger partial charge in [-0.15, -0.1) is 0 Å². The highest BCUT2D eigenvalue weighted by atomic mass is 32.2. The van der Waals surface area contributed by atoms with E-state index in [1.54, 1.807) is 36.4 Å². The van der Waals surface area contributed by atoms with E-state index in [0.29, 0.717) is 27.2 Å². The number of aromatic hydroxyl groups is 1. The largest absolute Gasteiger partial charge is 0.494 e. The second kappa shape index (κ2) is 9.88. The number of nitrogens with zero attached hydrogens (tertiary/aromatic N) is 4. The summed E-state index contributed by atoms with van der Waals surface area (Å²) in [6.45, 7) is 5.68. The predicted octanol–water partition coefficient (Wildman–Crippen LogP) is 3.65. The van der Waals surface area contributed by atoms with E-state index >= 15 is 0 Å². The van der Waals surface area contributed by atoms with E-state index in [1.165, 1.54) is 22.5 Å². The van der Waals surface area contributed by atoms with Gasteiger partial charge in [-0.3, -0.25) is 9.59 Å². The number of pyridine rings is 1. The van der Waals surface area contributed by atoms with E-state index in [0.717, 1.165) is 17.0 Å². The summed E-state index contributed by atoms with van der Waals surface area (Å²) in [5.41, 5.74) is 5.66. The molecule has 4 rings (SSSR count). The zero-order valence-electron chi connectivity index (χ0n) is 18.9. The zero-order valence-corrected chi connectivity index (χ0v) is 19.8. The number of hydrogen-bond acceptors (Lipinski definition) is 7. The van der Waals surface area contributed by atoms with Gasteiger partial charge < -0.3 is 5.11 Å². The van der Waals surface area contributed by atoms with Crippen LogP contribution in [0.15, 0.2) is 69.6 Å². The quantitative estimate of drug-likeness (QED) is 0.191. The number of aryl methyl sites for hydroxylation is 3. The van der Waals surface area contributed by atoms with Gasteiger partial charge in [0.1, 0.15) is 0 Å². The predicted molar refractivity (Wildman–Crippen MR) is 134 cm³/mol. The second-order valence-corrected chi connectivity index (χ2v) is 8.72. The van der Waals surface area contributed by atoms with Crippen LogP contribution in [-0.2, 0) is 4.79 Å². The number of nitrogens with one attached hydrogen (secondary N) is 1. The van der Waals surface area contributed by atoms with Crippen LogP contribution in [0, 0.1) is 20.8 Å². The summed E-state index contributed by atoms with van der Waals surface area (Å²) < 4.78 is 1.23. The molecule has 0 spiro atoms. The smallest absolute Gasteiger partial charge is 0.265 e. The topological polar surface area (TPSA) is 109 Å². The summed E-state index contributed by atoms with van der Waals surface area (Å²) in [7, 11) is 0. The minimum Gasteiger partial charge on any atom is -0.494 e. The summed E-state index contributed by atoms with van der Waals surface area (Å²) in [5, 5.41) is 16.5. The van der Waals surface area contributed by atoms with Crippen molar-refractivity contribution in [2.24, 2.45) is 5.10 Å². The van der Waals surface area contributed by atoms with Gasteiger partial charge in [0, 0.05) is 22.2 Å². The molecule has 2 heterocycles. The van der Waals surface area contributed by atoms with Crippen LogP contribution in [0.5, 0.6) is 5.88 Å². The molecule has 2 N–H and O–H groups in total. The van der Waals surface area contributed by atoms with Gasteiger partial charge in [-0.2, -0.15) is 5.10 Å². The number of aromatic nitrogens is 3. The van der Waals surface area contributed by atoms with E-state index < -0.39 is 0 Å². The summed E-state index contributed by atoms with van der Waals surface area (Å²) >= 11 is 1.21. The van der Waals surface area contributed by atoms with Crippen molar-refractivity contribution in [2.45, 2.75) is 25.9 Å². The first-order valence-corrected chi connectivity index (χ1v) is 11.5. The van der Waals surface area contributed by atoms with Crippen LogP contribution < -0.4 is 11.0 Å². The van der Waals surface area contributed by atoms with Gasteiger partial charge in [0.25, 0.3) is 11.5 Å². The summed E-state index contributed by atoms with van der Waals surface area (Å²) in [5.74, 6) is -0.529. The standard InChI is InChI=1S/C25H23N5O3S/c1-15-8-10-18(11-9-15)30-23(32)20-7-5-4-6-19(20)21(24(30)33)13-26-29-22(31)14-34-25-27-16(2)12-17(3)28-25/h4-13,33H,14H2,1-3H3,(H,29,31). The van der Waals surface area contributed by atoms with Gasteiger partial charge in [0.15, 0.2) is 5.16 Å². The molecule has 0 saturated heterocycles. The lowest BCUT2D eigenvalue weighted by Crippen LogP contribution is -2.21. The molecular weight excluding hydrogens is 450 g/mol. The number of amides is 1. The Morgan fingerprint density at radius 1 is 1.06 bits per heavy atom. The van der Waals surface area contributed by atoms with Crippen molar-refractivity contribution in [3.63, 3.8) is 0 Å². The number of thioether (sulfide) groups is 1. The van der Waals surface area contributed by atoms with Crippen LogP contribution >= 0.6 is 11.8 Å². The highest BCUT2D eigenvalue weighted by Crippen LogP contribution is 2.26. The highest BCUT2D eigenvalue weighted by molar-refractivity contribution is 7.99. The van der Waals surface area contributed by atoms with Crippen LogP contribution in [0.3, 0.4) is 0 Å². The van der Waals surface area contributed by atoms with Crippen LogP contribution in [-0.4, -0.2) is 37.5 Å². The van der Waals surface area contributed by atoms with Crippen molar-refractivity contribution < 1.29 is 9.90 Å². The summed E-state index contributed by atoms with van der Waals surface area (Å²) in [4.78, 5) is 34.0. The molecule has 34 heavy (non-hydrogen) atoms. The molecule has 0 atom stereocenters. The fraction of sp³-hybridized carbons (Fsp3) is 0.160. The third-order valence-electron chi connectivity index (χ3n) is 5.07. The number of fused-ring (bicyclic) bond motifs is 1. The molecule has 1 amide bonds. The number of carbonyl (C=O) groups excluding carboxylic acids is 1. The molecule has 2 aromatic carbocycles. The van der Waals surface area contributed by atoms with Crippen molar-refractivity contribution >= 4 is 34.7 Å². The average Bonchev–Trinajstić information content (AvgIpc) is 2.80. The van der Waals surface area contributed by atoms with Crippen LogP contribution in [0.4, 0.5) is 0 Å². The van der Waals surface area contributed by atoms with Crippen LogP contribution in [0.25, 0.3) is 16.5 Å². The molecule has 2 aromatic heterocycles. The maximum atomic E-state index is 13.1. The molecular formula is C25H23N5O3S. The molecule has 0 aliphatic carbocycles. The molecule has 0 saturated carbocycles. The zero-order chi connectivity index (χ0) is 24.2. The lowest BCUT2D eigenvalue weighted by molar-refractivity contribution is -0.118. The number of benzene rings is 2. The number of carbonyl (C=O) groups is 1. The monoisotopic (exact) mass is 473 g/mol. The Hall–Kier alpha value is -3.98. The fourth-order valence-electron chi connectivity index (χ4n) is 3.51. The Labute approximate surface area is 200 Å². The van der Waals surface area contributed by atoms with E-state index in [4.69, 9.17) is 0 Å².